The molecular weight excluding hydrogens is 224 g/mol. The molecule has 1 aromatic heterocycles. The van der Waals surface area contributed by atoms with Crippen molar-refractivity contribution in [2.45, 2.75) is 18.1 Å². The maximum atomic E-state index is 8.65. The molecule has 0 atom stereocenters. The van der Waals surface area contributed by atoms with E-state index in [-0.39, 0.29) is 6.61 Å². The van der Waals surface area contributed by atoms with Crippen LogP contribution in [0.2, 0.25) is 0 Å². The Morgan fingerprint density at radius 3 is 3.06 bits per heavy atom. The van der Waals surface area contributed by atoms with E-state index in [4.69, 9.17) is 15.3 Å². The molecule has 4 nitrogen and oxygen atoms in total. The van der Waals surface area contributed by atoms with Crippen molar-refractivity contribution in [3.63, 3.8) is 0 Å². The van der Waals surface area contributed by atoms with Crippen molar-refractivity contribution in [3.8, 4) is 0 Å². The van der Waals surface area contributed by atoms with Gasteiger partial charge in [0, 0.05) is 24.1 Å². The highest BCUT2D eigenvalue weighted by molar-refractivity contribution is 7.99. The number of aromatic nitrogens is 1. The van der Waals surface area contributed by atoms with Gasteiger partial charge in [0.15, 0.2) is 5.58 Å². The monoisotopic (exact) mass is 238 g/mol. The zero-order chi connectivity index (χ0) is 11.4. The van der Waals surface area contributed by atoms with Crippen LogP contribution in [0.5, 0.6) is 0 Å². The minimum atomic E-state index is 0.241. The van der Waals surface area contributed by atoms with Gasteiger partial charge in [-0.2, -0.15) is 0 Å². The van der Waals surface area contributed by atoms with Crippen LogP contribution in [0.15, 0.2) is 27.8 Å². The van der Waals surface area contributed by atoms with E-state index in [0.717, 1.165) is 29.7 Å². The molecule has 0 unspecified atom stereocenters. The average molecular weight is 238 g/mol. The second kappa shape index (κ2) is 5.23. The van der Waals surface area contributed by atoms with Crippen molar-refractivity contribution in [3.05, 3.63) is 18.2 Å². The second-order valence-corrected chi connectivity index (χ2v) is 4.53. The highest BCUT2D eigenvalue weighted by Gasteiger charge is 2.05. The molecule has 5 heteroatoms. The molecule has 1 aromatic carbocycles. The van der Waals surface area contributed by atoms with Crippen molar-refractivity contribution in [2.75, 3.05) is 18.1 Å². The van der Waals surface area contributed by atoms with Crippen molar-refractivity contribution >= 4 is 28.5 Å². The smallest absolute Gasteiger partial charge is 0.256 e. The van der Waals surface area contributed by atoms with Crippen molar-refractivity contribution in [1.82, 2.24) is 4.98 Å². The molecule has 0 saturated carbocycles. The molecule has 0 saturated heterocycles. The number of aliphatic hydroxyl groups is 1. The highest BCUT2D eigenvalue weighted by atomic mass is 32.2. The lowest BCUT2D eigenvalue weighted by Gasteiger charge is -1.94. The van der Waals surface area contributed by atoms with Gasteiger partial charge < -0.3 is 15.3 Å². The van der Waals surface area contributed by atoms with Crippen molar-refractivity contribution in [2.24, 2.45) is 0 Å². The Morgan fingerprint density at radius 1 is 1.38 bits per heavy atom. The maximum Gasteiger partial charge on any atom is 0.256 e. The van der Waals surface area contributed by atoms with Crippen molar-refractivity contribution in [1.29, 1.82) is 0 Å². The molecule has 16 heavy (non-hydrogen) atoms. The van der Waals surface area contributed by atoms with E-state index in [0.29, 0.717) is 10.9 Å². The Bertz CT molecular complexity index is 470. The van der Waals surface area contributed by atoms with Gasteiger partial charge in [-0.3, -0.25) is 0 Å². The topological polar surface area (TPSA) is 72.3 Å². The van der Waals surface area contributed by atoms with Gasteiger partial charge in [-0.25, -0.2) is 4.98 Å². The summed E-state index contributed by atoms with van der Waals surface area (Å²) in [6.07, 6.45) is 1.78. The summed E-state index contributed by atoms with van der Waals surface area (Å²) in [7, 11) is 0. The average Bonchev–Trinajstić information content (AvgIpc) is 2.66. The number of nitrogen functional groups attached to an aromatic ring is 1. The van der Waals surface area contributed by atoms with Gasteiger partial charge in [0.2, 0.25) is 0 Å². The summed E-state index contributed by atoms with van der Waals surface area (Å²) >= 11 is 1.56. The van der Waals surface area contributed by atoms with E-state index in [1.807, 2.05) is 12.1 Å². The van der Waals surface area contributed by atoms with E-state index >= 15 is 0 Å². The van der Waals surface area contributed by atoms with Crippen molar-refractivity contribution < 1.29 is 9.52 Å². The quantitative estimate of drug-likeness (QED) is 0.475. The number of thioether (sulfide) groups is 1. The molecule has 0 fully saturated rings. The molecule has 0 amide bonds. The Hall–Kier alpha value is -1.20. The lowest BCUT2D eigenvalue weighted by atomic mass is 10.3. The molecule has 3 N–H and O–H groups in total. The third-order valence-electron chi connectivity index (χ3n) is 2.17. The second-order valence-electron chi connectivity index (χ2n) is 3.49. The fourth-order valence-electron chi connectivity index (χ4n) is 1.36. The Morgan fingerprint density at radius 2 is 2.25 bits per heavy atom. The molecule has 2 rings (SSSR count). The van der Waals surface area contributed by atoms with Crippen LogP contribution < -0.4 is 5.73 Å². The van der Waals surface area contributed by atoms with Crippen LogP contribution in [0, 0.1) is 0 Å². The Labute approximate surface area is 97.8 Å². The molecule has 0 spiro atoms. The molecule has 0 radical (unpaired) electrons. The van der Waals surface area contributed by atoms with E-state index in [9.17, 15) is 0 Å². The molecule has 0 bridgehead atoms. The highest BCUT2D eigenvalue weighted by Crippen LogP contribution is 2.25. The van der Waals surface area contributed by atoms with Gasteiger partial charge in [0.25, 0.3) is 5.22 Å². The van der Waals surface area contributed by atoms with Crippen LogP contribution in [-0.2, 0) is 0 Å². The predicted molar refractivity (Wildman–Crippen MR) is 65.5 cm³/mol. The number of hydrogen-bond acceptors (Lipinski definition) is 5. The zero-order valence-corrected chi connectivity index (χ0v) is 9.67. The van der Waals surface area contributed by atoms with Crippen LogP contribution in [0.1, 0.15) is 12.8 Å². The van der Waals surface area contributed by atoms with Gasteiger partial charge in [-0.1, -0.05) is 11.8 Å². The lowest BCUT2D eigenvalue weighted by Crippen LogP contribution is -1.85. The van der Waals surface area contributed by atoms with Gasteiger partial charge in [-0.15, -0.1) is 0 Å². The number of anilines is 1. The summed E-state index contributed by atoms with van der Waals surface area (Å²) in [6, 6.07) is 5.44. The number of nitrogens with two attached hydrogens (primary N) is 1. The first-order valence-corrected chi connectivity index (χ1v) is 6.18. The first-order chi connectivity index (χ1) is 7.79. The largest absolute Gasteiger partial charge is 0.431 e. The fourth-order valence-corrected chi connectivity index (χ4v) is 2.19. The summed E-state index contributed by atoms with van der Waals surface area (Å²) in [5, 5.41) is 9.31. The summed E-state index contributed by atoms with van der Waals surface area (Å²) in [5.41, 5.74) is 7.89. The first kappa shape index (κ1) is 11.3. The predicted octanol–water partition coefficient (Wildman–Crippen LogP) is 2.27. The number of benzene rings is 1. The molecule has 1 heterocycles. The number of hydrogen-bond donors (Lipinski definition) is 2. The van der Waals surface area contributed by atoms with Gasteiger partial charge in [0.1, 0.15) is 5.52 Å². The molecule has 2 aromatic rings. The first-order valence-electron chi connectivity index (χ1n) is 5.19. The standard InChI is InChI=1S/C11H14N2O2S/c12-8-3-4-9-10(7-8)15-11(13-9)16-6-2-1-5-14/h3-4,7,14H,1-2,5-6,12H2. The van der Waals surface area contributed by atoms with Gasteiger partial charge in [-0.05, 0) is 25.0 Å². The molecule has 0 aliphatic heterocycles. The molecular formula is C11H14N2O2S. The molecule has 0 aliphatic carbocycles. The van der Waals surface area contributed by atoms with Crippen LogP contribution in [0.25, 0.3) is 11.1 Å². The summed E-state index contributed by atoms with van der Waals surface area (Å²) < 4.78 is 5.54. The third-order valence-corrected chi connectivity index (χ3v) is 3.09. The fraction of sp³-hybridized carbons (Fsp3) is 0.364. The summed E-state index contributed by atoms with van der Waals surface area (Å²) in [6.45, 7) is 0.241. The van der Waals surface area contributed by atoms with E-state index in [2.05, 4.69) is 4.98 Å². The number of nitrogens with zero attached hydrogens (tertiary/aromatic N) is 1. The minimum Gasteiger partial charge on any atom is -0.431 e. The van der Waals surface area contributed by atoms with Gasteiger partial charge in [0.05, 0.1) is 0 Å². The molecule has 0 aliphatic rings. The summed E-state index contributed by atoms with van der Waals surface area (Å²) in [5.74, 6) is 0.906. The van der Waals surface area contributed by atoms with Crippen LogP contribution in [-0.4, -0.2) is 22.5 Å². The normalized spacial score (nSPS) is 11.1. The van der Waals surface area contributed by atoms with Crippen LogP contribution >= 0.6 is 11.8 Å². The van der Waals surface area contributed by atoms with Gasteiger partial charge >= 0.3 is 0 Å². The SMILES string of the molecule is Nc1ccc2nc(SCCCCO)oc2c1. The Kier molecular flexibility index (Phi) is 3.69. The lowest BCUT2D eigenvalue weighted by molar-refractivity contribution is 0.287. The number of aliphatic hydroxyl groups excluding tert-OH is 1. The number of unbranched alkanes of at least 4 members (excludes halogenated alkanes) is 1. The Balaban J connectivity index is 2.02. The zero-order valence-electron chi connectivity index (χ0n) is 8.85. The number of rotatable bonds is 5. The van der Waals surface area contributed by atoms with E-state index in [1.165, 1.54) is 0 Å². The number of fused-ring (bicyclic) bond motifs is 1. The van der Waals surface area contributed by atoms with E-state index in [1.54, 1.807) is 17.8 Å². The number of oxazole rings is 1. The maximum absolute atomic E-state index is 8.65. The minimum absolute atomic E-state index is 0.241. The molecule has 86 valence electrons. The summed E-state index contributed by atoms with van der Waals surface area (Å²) in [4.78, 5) is 4.33. The van der Waals surface area contributed by atoms with Crippen LogP contribution in [0.3, 0.4) is 0 Å². The van der Waals surface area contributed by atoms with Crippen LogP contribution in [0.4, 0.5) is 5.69 Å². The third kappa shape index (κ3) is 2.68. The van der Waals surface area contributed by atoms with E-state index < -0.39 is 0 Å².